The van der Waals surface area contributed by atoms with E-state index in [1.807, 2.05) is 92.7 Å². The van der Waals surface area contributed by atoms with E-state index in [1.165, 1.54) is 7.11 Å². The number of methoxy groups -OCH3 is 1. The first-order valence-corrected chi connectivity index (χ1v) is 12.0. The van der Waals surface area contributed by atoms with Crippen molar-refractivity contribution >= 4 is 28.6 Å². The van der Waals surface area contributed by atoms with Gasteiger partial charge < -0.3 is 15.4 Å². The molecule has 1 heterocycles. The van der Waals surface area contributed by atoms with Crippen molar-refractivity contribution in [3.05, 3.63) is 101 Å². The molecule has 4 aromatic rings. The molecule has 0 aliphatic rings. The summed E-state index contributed by atoms with van der Waals surface area (Å²) in [5.74, 6) is 0.395. The molecule has 0 radical (unpaired) electrons. The highest BCUT2D eigenvalue weighted by atomic mass is 16.5. The molecule has 0 aliphatic carbocycles. The van der Waals surface area contributed by atoms with Crippen LogP contribution in [0.1, 0.15) is 41.2 Å². The summed E-state index contributed by atoms with van der Waals surface area (Å²) in [7, 11) is 1.37. The fourth-order valence-electron chi connectivity index (χ4n) is 4.05. The maximum absolute atomic E-state index is 13.1. The van der Waals surface area contributed by atoms with E-state index in [4.69, 9.17) is 4.74 Å². The number of benzene rings is 3. The Hall–Kier alpha value is -4.26. The lowest BCUT2D eigenvalue weighted by Gasteiger charge is -2.21. The molecule has 184 valence electrons. The largest absolute Gasteiger partial charge is 0.467 e. The van der Waals surface area contributed by atoms with Gasteiger partial charge in [-0.05, 0) is 41.7 Å². The number of amides is 1. The number of rotatable bonds is 9. The number of fused-ring (bicyclic) bond motifs is 1. The van der Waals surface area contributed by atoms with Gasteiger partial charge in [0, 0.05) is 10.9 Å². The van der Waals surface area contributed by atoms with Crippen LogP contribution in [0, 0.1) is 5.92 Å². The Morgan fingerprint density at radius 1 is 0.889 bits per heavy atom. The lowest BCUT2D eigenvalue weighted by atomic mass is 9.99. The Morgan fingerprint density at radius 2 is 1.58 bits per heavy atom. The number of aromatic nitrogens is 2. The predicted molar refractivity (Wildman–Crippen MR) is 141 cm³/mol. The summed E-state index contributed by atoms with van der Waals surface area (Å²) < 4.78 is 4.97. The number of hydrogen-bond acceptors (Lipinski definition) is 6. The van der Waals surface area contributed by atoms with Crippen LogP contribution in [0.3, 0.4) is 0 Å². The Balaban J connectivity index is 1.56. The van der Waals surface area contributed by atoms with Gasteiger partial charge in [-0.3, -0.25) is 4.79 Å². The van der Waals surface area contributed by atoms with Crippen molar-refractivity contribution in [1.29, 1.82) is 0 Å². The second-order valence-corrected chi connectivity index (χ2v) is 8.90. The Labute approximate surface area is 210 Å². The molecular formula is C29H30N4O3. The highest BCUT2D eigenvalue weighted by Gasteiger charge is 2.24. The molecule has 1 atom stereocenters. The van der Waals surface area contributed by atoms with Gasteiger partial charge in [0.15, 0.2) is 5.82 Å². The van der Waals surface area contributed by atoms with Crippen LogP contribution >= 0.6 is 0 Å². The van der Waals surface area contributed by atoms with Gasteiger partial charge in [0.1, 0.15) is 11.9 Å². The molecule has 1 aromatic heterocycles. The van der Waals surface area contributed by atoms with Crippen LogP contribution in [0.4, 0.5) is 5.82 Å². The lowest BCUT2D eigenvalue weighted by Crippen LogP contribution is -2.36. The number of esters is 1. The molecule has 36 heavy (non-hydrogen) atoms. The molecule has 0 fully saturated rings. The molecule has 2 N–H and O–H groups in total. The van der Waals surface area contributed by atoms with Crippen molar-refractivity contribution in [2.45, 2.75) is 32.9 Å². The van der Waals surface area contributed by atoms with Gasteiger partial charge in [0.05, 0.1) is 19.2 Å². The molecule has 7 heteroatoms. The summed E-state index contributed by atoms with van der Waals surface area (Å²) in [6.45, 7) is 4.01. The number of hydrogen-bond donors (Lipinski definition) is 2. The molecule has 3 aromatic carbocycles. The van der Waals surface area contributed by atoms with E-state index in [-0.39, 0.29) is 24.3 Å². The molecule has 0 saturated heterocycles. The standard InChI is InChI=1S/C29H30N4O3/c1-19(2)26(29(35)36-3)33-27-23-15-9-10-16-24(23)31-25(32-27)18-30-28(34)22-14-8-7-13-21(22)17-20-11-5-4-6-12-20/h4-16,19,26H,17-18H2,1-3H3,(H,30,34)(H,31,32,33)/t26-/m0/s1. The number of nitrogens with zero attached hydrogens (tertiary/aromatic N) is 2. The number of carbonyl (C=O) groups excluding carboxylic acids is 2. The maximum Gasteiger partial charge on any atom is 0.328 e. The number of ether oxygens (including phenoxy) is 1. The van der Waals surface area contributed by atoms with Gasteiger partial charge in [0.25, 0.3) is 5.91 Å². The third-order valence-corrected chi connectivity index (χ3v) is 5.97. The normalized spacial score (nSPS) is 11.8. The van der Waals surface area contributed by atoms with E-state index in [0.717, 1.165) is 22.0 Å². The summed E-state index contributed by atoms with van der Waals surface area (Å²) in [6.07, 6.45) is 0.662. The van der Waals surface area contributed by atoms with Crippen molar-refractivity contribution in [3.63, 3.8) is 0 Å². The molecular weight excluding hydrogens is 452 g/mol. The first kappa shape index (κ1) is 24.9. The summed E-state index contributed by atoms with van der Waals surface area (Å²) in [5, 5.41) is 6.98. The van der Waals surface area contributed by atoms with Crippen molar-refractivity contribution < 1.29 is 14.3 Å². The van der Waals surface area contributed by atoms with Crippen LogP contribution in [-0.4, -0.2) is 35.0 Å². The smallest absolute Gasteiger partial charge is 0.328 e. The minimum atomic E-state index is -0.569. The van der Waals surface area contributed by atoms with Gasteiger partial charge in [-0.1, -0.05) is 74.5 Å². The molecule has 0 unspecified atom stereocenters. The highest BCUT2D eigenvalue weighted by molar-refractivity contribution is 5.96. The molecule has 0 spiro atoms. The molecule has 7 nitrogen and oxygen atoms in total. The minimum absolute atomic E-state index is 0.0181. The second kappa shape index (κ2) is 11.4. The fraction of sp³-hybridized carbons (Fsp3) is 0.241. The van der Waals surface area contributed by atoms with Crippen molar-refractivity contribution in [2.75, 3.05) is 12.4 Å². The van der Waals surface area contributed by atoms with Crippen LogP contribution in [0.25, 0.3) is 10.9 Å². The third kappa shape index (κ3) is 5.86. The second-order valence-electron chi connectivity index (χ2n) is 8.90. The highest BCUT2D eigenvalue weighted by Crippen LogP contribution is 2.23. The molecule has 0 saturated carbocycles. The quantitative estimate of drug-likeness (QED) is 0.334. The topological polar surface area (TPSA) is 93.2 Å². The molecule has 1 amide bonds. The number of carbonyl (C=O) groups is 2. The minimum Gasteiger partial charge on any atom is -0.467 e. The first-order chi connectivity index (χ1) is 17.5. The first-order valence-electron chi connectivity index (χ1n) is 12.0. The number of para-hydroxylation sites is 1. The van der Waals surface area contributed by atoms with E-state index in [0.29, 0.717) is 23.6 Å². The van der Waals surface area contributed by atoms with Crippen molar-refractivity contribution in [2.24, 2.45) is 5.92 Å². The maximum atomic E-state index is 13.1. The van der Waals surface area contributed by atoms with E-state index in [1.54, 1.807) is 0 Å². The average molecular weight is 483 g/mol. The average Bonchev–Trinajstić information content (AvgIpc) is 2.90. The lowest BCUT2D eigenvalue weighted by molar-refractivity contribution is -0.142. The van der Waals surface area contributed by atoms with Crippen molar-refractivity contribution in [1.82, 2.24) is 15.3 Å². The van der Waals surface area contributed by atoms with Gasteiger partial charge in [-0.2, -0.15) is 0 Å². The zero-order valence-corrected chi connectivity index (χ0v) is 20.7. The van der Waals surface area contributed by atoms with E-state index < -0.39 is 6.04 Å². The van der Waals surface area contributed by atoms with Crippen LogP contribution in [-0.2, 0) is 22.5 Å². The summed E-state index contributed by atoms with van der Waals surface area (Å²) in [5.41, 5.74) is 3.42. The van der Waals surface area contributed by atoms with Crippen LogP contribution in [0.15, 0.2) is 78.9 Å². The molecule has 0 aliphatic heterocycles. The summed E-state index contributed by atoms with van der Waals surface area (Å²) >= 11 is 0. The monoisotopic (exact) mass is 482 g/mol. The summed E-state index contributed by atoms with van der Waals surface area (Å²) in [6, 6.07) is 24.6. The predicted octanol–water partition coefficient (Wildman–Crippen LogP) is 4.76. The Bertz CT molecular complexity index is 1360. The van der Waals surface area contributed by atoms with Crippen LogP contribution in [0.2, 0.25) is 0 Å². The van der Waals surface area contributed by atoms with E-state index >= 15 is 0 Å². The fourth-order valence-corrected chi connectivity index (χ4v) is 4.05. The van der Waals surface area contributed by atoms with E-state index in [2.05, 4.69) is 20.6 Å². The number of anilines is 1. The van der Waals surface area contributed by atoms with Crippen LogP contribution in [0.5, 0.6) is 0 Å². The van der Waals surface area contributed by atoms with Crippen molar-refractivity contribution in [3.8, 4) is 0 Å². The van der Waals surface area contributed by atoms with Gasteiger partial charge in [-0.15, -0.1) is 0 Å². The Kier molecular flexibility index (Phi) is 7.90. The van der Waals surface area contributed by atoms with Gasteiger partial charge in [0.2, 0.25) is 0 Å². The molecule has 0 bridgehead atoms. The van der Waals surface area contributed by atoms with Crippen LogP contribution < -0.4 is 10.6 Å². The van der Waals surface area contributed by atoms with Gasteiger partial charge >= 0.3 is 5.97 Å². The van der Waals surface area contributed by atoms with Gasteiger partial charge in [-0.25, -0.2) is 14.8 Å². The molecule has 4 rings (SSSR count). The summed E-state index contributed by atoms with van der Waals surface area (Å²) in [4.78, 5) is 34.7. The zero-order valence-electron chi connectivity index (χ0n) is 20.7. The number of nitrogens with one attached hydrogen (secondary N) is 2. The SMILES string of the molecule is COC(=O)[C@@H](Nc1nc(CNC(=O)c2ccccc2Cc2ccccc2)nc2ccccc12)C(C)C. The third-order valence-electron chi connectivity index (χ3n) is 5.97. The Morgan fingerprint density at radius 3 is 2.33 bits per heavy atom. The zero-order chi connectivity index (χ0) is 25.5. The van der Waals surface area contributed by atoms with E-state index in [9.17, 15) is 9.59 Å².